The van der Waals surface area contributed by atoms with Crippen molar-refractivity contribution in [3.05, 3.63) is 54.1 Å². The molecule has 0 aliphatic heterocycles. The van der Waals surface area contributed by atoms with Gasteiger partial charge < -0.3 is 15.0 Å². The quantitative estimate of drug-likeness (QED) is 0.621. The van der Waals surface area contributed by atoms with Crippen molar-refractivity contribution in [1.82, 2.24) is 4.72 Å². The number of benzene rings is 2. The van der Waals surface area contributed by atoms with Crippen LogP contribution in [0.4, 0.5) is 5.69 Å². The van der Waals surface area contributed by atoms with Crippen molar-refractivity contribution in [2.75, 3.05) is 33.1 Å². The lowest BCUT2D eigenvalue weighted by Crippen LogP contribution is -3.07. The minimum absolute atomic E-state index is 0.0168. The Kier molecular flexibility index (Phi) is 6.95. The number of rotatable bonds is 8. The van der Waals surface area contributed by atoms with Gasteiger partial charge in [-0.3, -0.25) is 4.79 Å². The monoisotopic (exact) mass is 392 g/mol. The molecule has 2 rings (SSSR count). The van der Waals surface area contributed by atoms with Crippen molar-refractivity contribution in [3.63, 3.8) is 0 Å². The molecule has 8 heteroatoms. The summed E-state index contributed by atoms with van der Waals surface area (Å²) in [5, 5.41) is 2.59. The second kappa shape index (κ2) is 8.98. The van der Waals surface area contributed by atoms with Gasteiger partial charge in [-0.25, -0.2) is 13.1 Å². The van der Waals surface area contributed by atoms with Crippen molar-refractivity contribution < 1.29 is 22.8 Å². The molecule has 0 bridgehead atoms. The van der Waals surface area contributed by atoms with Crippen LogP contribution in [0.2, 0.25) is 0 Å². The second-order valence-corrected chi connectivity index (χ2v) is 8.17. The Bertz CT molecular complexity index is 883. The molecule has 0 radical (unpaired) electrons. The number of carbonyl (C=O) groups excluding carboxylic acids is 1. The van der Waals surface area contributed by atoms with Crippen molar-refractivity contribution in [3.8, 4) is 5.75 Å². The summed E-state index contributed by atoms with van der Waals surface area (Å²) in [4.78, 5) is 12.3. The normalized spacial score (nSPS) is 12.6. The molecule has 27 heavy (non-hydrogen) atoms. The Morgan fingerprint density at radius 2 is 1.81 bits per heavy atom. The maximum Gasteiger partial charge on any atom is 0.244 e. The number of ether oxygens (including phenoxy) is 1. The van der Waals surface area contributed by atoms with Gasteiger partial charge >= 0.3 is 0 Å². The van der Waals surface area contributed by atoms with E-state index in [0.29, 0.717) is 5.69 Å². The highest BCUT2D eigenvalue weighted by Crippen LogP contribution is 2.27. The number of amides is 1. The molecule has 0 heterocycles. The summed E-state index contributed by atoms with van der Waals surface area (Å²) in [5.74, 6) is -0.0677. The summed E-state index contributed by atoms with van der Waals surface area (Å²) in [6.07, 6.45) is 0. The topological polar surface area (TPSA) is 88.9 Å². The molecule has 0 saturated carbocycles. The van der Waals surface area contributed by atoms with Gasteiger partial charge in [0.25, 0.3) is 0 Å². The zero-order valence-corrected chi connectivity index (χ0v) is 16.8. The number of carbonyl (C=O) groups is 1. The van der Waals surface area contributed by atoms with E-state index in [9.17, 15) is 13.2 Å². The third-order valence-electron chi connectivity index (χ3n) is 4.15. The molecule has 0 aromatic heterocycles. The summed E-state index contributed by atoms with van der Waals surface area (Å²) in [7, 11) is 1.52. The van der Waals surface area contributed by atoms with Gasteiger partial charge in [-0.2, -0.15) is 0 Å². The highest BCUT2D eigenvalue weighted by atomic mass is 32.2. The smallest absolute Gasteiger partial charge is 0.244 e. The average Bonchev–Trinajstić information content (AvgIpc) is 2.62. The van der Waals surface area contributed by atoms with Crippen LogP contribution in [-0.4, -0.2) is 42.1 Å². The Hall–Kier alpha value is -2.42. The molecule has 0 saturated heterocycles. The first-order chi connectivity index (χ1) is 12.7. The van der Waals surface area contributed by atoms with Gasteiger partial charge in [0, 0.05) is 18.2 Å². The van der Waals surface area contributed by atoms with Crippen molar-refractivity contribution in [2.24, 2.45) is 0 Å². The maximum absolute atomic E-state index is 12.9. The van der Waals surface area contributed by atoms with Crippen LogP contribution in [0.1, 0.15) is 18.5 Å². The van der Waals surface area contributed by atoms with E-state index < -0.39 is 10.0 Å². The van der Waals surface area contributed by atoms with E-state index in [0.717, 1.165) is 10.5 Å². The molecule has 1 atom stereocenters. The Morgan fingerprint density at radius 3 is 2.37 bits per heavy atom. The predicted octanol–water partition coefficient (Wildman–Crippen LogP) is 0.818. The predicted molar refractivity (Wildman–Crippen MR) is 104 cm³/mol. The fraction of sp³-hybridized carbons (Fsp3) is 0.316. The first-order valence-corrected chi connectivity index (χ1v) is 10.0. The van der Waals surface area contributed by atoms with E-state index in [2.05, 4.69) is 10.0 Å². The Labute approximate surface area is 160 Å². The van der Waals surface area contributed by atoms with Crippen LogP contribution in [0.25, 0.3) is 0 Å². The molecule has 146 valence electrons. The standard InChI is InChI=1S/C19H25N3O4S/c1-14(23)21-16-10-11-18(26-4)19(12-16)27(24,25)20-13-17(22(2)3)15-8-6-5-7-9-15/h5-12,17,20H,13H2,1-4H3,(H,21,23)/p+1/t17-/m0/s1. The van der Waals surface area contributed by atoms with Crippen molar-refractivity contribution in [1.29, 1.82) is 0 Å². The molecule has 0 aliphatic rings. The summed E-state index contributed by atoms with van der Waals surface area (Å²) >= 11 is 0. The first-order valence-electron chi connectivity index (χ1n) is 8.55. The van der Waals surface area contributed by atoms with Crippen LogP contribution in [0, 0.1) is 0 Å². The Morgan fingerprint density at radius 1 is 1.15 bits per heavy atom. The lowest BCUT2D eigenvalue weighted by Gasteiger charge is -2.22. The van der Waals surface area contributed by atoms with E-state index in [1.54, 1.807) is 6.07 Å². The number of hydrogen-bond donors (Lipinski definition) is 3. The van der Waals surface area contributed by atoms with E-state index in [-0.39, 0.29) is 29.1 Å². The molecular formula is C19H26N3O4S+. The van der Waals surface area contributed by atoms with Gasteiger partial charge in [0.1, 0.15) is 16.7 Å². The van der Waals surface area contributed by atoms with E-state index in [1.807, 2.05) is 44.4 Å². The molecule has 0 fully saturated rings. The van der Waals surface area contributed by atoms with Gasteiger partial charge in [0.15, 0.2) is 0 Å². The van der Waals surface area contributed by atoms with Crippen LogP contribution in [-0.2, 0) is 14.8 Å². The van der Waals surface area contributed by atoms with E-state index in [4.69, 9.17) is 4.74 Å². The third-order valence-corrected chi connectivity index (χ3v) is 5.59. The third kappa shape index (κ3) is 5.53. The van der Waals surface area contributed by atoms with Crippen LogP contribution < -0.4 is 19.7 Å². The number of methoxy groups -OCH3 is 1. The molecule has 0 aliphatic carbocycles. The van der Waals surface area contributed by atoms with Gasteiger partial charge in [-0.15, -0.1) is 0 Å². The van der Waals surface area contributed by atoms with Crippen LogP contribution in [0.15, 0.2) is 53.4 Å². The van der Waals surface area contributed by atoms with Crippen molar-refractivity contribution in [2.45, 2.75) is 17.9 Å². The fourth-order valence-corrected chi connectivity index (χ4v) is 4.02. The second-order valence-electron chi connectivity index (χ2n) is 6.44. The number of nitrogens with one attached hydrogen (secondary N) is 3. The minimum atomic E-state index is -3.84. The van der Waals surface area contributed by atoms with E-state index in [1.165, 1.54) is 26.2 Å². The minimum Gasteiger partial charge on any atom is -0.495 e. The number of quaternary nitrogens is 1. The summed E-state index contributed by atoms with van der Waals surface area (Å²) in [6, 6.07) is 14.2. The van der Waals surface area contributed by atoms with Crippen molar-refractivity contribution >= 4 is 21.6 Å². The lowest BCUT2D eigenvalue weighted by molar-refractivity contribution is -0.890. The largest absolute Gasteiger partial charge is 0.495 e. The van der Waals surface area contributed by atoms with Crippen LogP contribution in [0.3, 0.4) is 0 Å². The summed E-state index contributed by atoms with van der Waals surface area (Å²) in [5.41, 5.74) is 1.43. The molecule has 0 unspecified atom stereocenters. The maximum atomic E-state index is 12.9. The van der Waals surface area contributed by atoms with Crippen LogP contribution in [0.5, 0.6) is 5.75 Å². The van der Waals surface area contributed by atoms with E-state index >= 15 is 0 Å². The van der Waals surface area contributed by atoms with Gasteiger partial charge in [0.05, 0.1) is 27.7 Å². The number of likely N-dealkylation sites (N-methyl/N-ethyl adjacent to an activating group) is 1. The molecule has 1 amide bonds. The SMILES string of the molecule is COc1ccc(NC(C)=O)cc1S(=O)(=O)NC[C@@H](c1ccccc1)[NH+](C)C. The fourth-order valence-electron chi connectivity index (χ4n) is 2.78. The zero-order valence-electron chi connectivity index (χ0n) is 15.9. The number of anilines is 1. The van der Waals surface area contributed by atoms with Gasteiger partial charge in [-0.1, -0.05) is 30.3 Å². The molecule has 2 aromatic carbocycles. The van der Waals surface area contributed by atoms with Gasteiger partial charge in [-0.05, 0) is 18.2 Å². The lowest BCUT2D eigenvalue weighted by atomic mass is 10.1. The van der Waals surface area contributed by atoms with Crippen LogP contribution >= 0.6 is 0 Å². The zero-order chi connectivity index (χ0) is 20.0. The molecule has 7 nitrogen and oxygen atoms in total. The van der Waals surface area contributed by atoms with Gasteiger partial charge in [0.2, 0.25) is 15.9 Å². The molecule has 2 aromatic rings. The molecule has 0 spiro atoms. The highest BCUT2D eigenvalue weighted by Gasteiger charge is 2.25. The number of sulfonamides is 1. The molecule has 3 N–H and O–H groups in total. The highest BCUT2D eigenvalue weighted by molar-refractivity contribution is 7.89. The number of hydrogen-bond acceptors (Lipinski definition) is 4. The summed E-state index contributed by atoms with van der Waals surface area (Å²) < 4.78 is 33.7. The molecular weight excluding hydrogens is 366 g/mol. The first kappa shape index (κ1) is 20.9. The Balaban J connectivity index is 2.28. The average molecular weight is 393 g/mol. The summed E-state index contributed by atoms with van der Waals surface area (Å²) in [6.45, 7) is 1.59.